The number of epoxide rings is 1. The summed E-state index contributed by atoms with van der Waals surface area (Å²) in [5.41, 5.74) is 0.740. The van der Waals surface area contributed by atoms with Gasteiger partial charge in [0.1, 0.15) is 12.2 Å². The molecule has 1 saturated heterocycles. The predicted molar refractivity (Wildman–Crippen MR) is 59.7 cm³/mol. The van der Waals surface area contributed by atoms with E-state index < -0.39 is 0 Å². The van der Waals surface area contributed by atoms with Gasteiger partial charge in [0.15, 0.2) is 0 Å². The lowest BCUT2D eigenvalue weighted by Crippen LogP contribution is -2.04. The second-order valence-electron chi connectivity index (χ2n) is 4.03. The normalized spacial score (nSPS) is 23.3. The van der Waals surface area contributed by atoms with E-state index in [0.29, 0.717) is 13.2 Å². The van der Waals surface area contributed by atoms with Crippen LogP contribution in [0.1, 0.15) is 12.5 Å². The van der Waals surface area contributed by atoms with E-state index in [4.69, 9.17) is 9.47 Å². The van der Waals surface area contributed by atoms with Crippen LogP contribution in [0.15, 0.2) is 42.5 Å². The van der Waals surface area contributed by atoms with Crippen LogP contribution in [0.4, 0.5) is 0 Å². The molecule has 0 aliphatic carbocycles. The molecule has 0 radical (unpaired) electrons. The molecule has 1 aliphatic rings. The molecule has 16 heavy (non-hydrogen) atoms. The second-order valence-corrected chi connectivity index (χ2v) is 4.03. The van der Waals surface area contributed by atoms with Crippen LogP contribution in [0.25, 0.3) is 0 Å². The first-order valence-corrected chi connectivity index (χ1v) is 5.22. The maximum Gasteiger partial charge on any atom is 0.330 e. The third kappa shape index (κ3) is 3.21. The zero-order valence-electron chi connectivity index (χ0n) is 9.18. The van der Waals surface area contributed by atoms with E-state index in [-0.39, 0.29) is 11.6 Å². The van der Waals surface area contributed by atoms with Gasteiger partial charge in [-0.25, -0.2) is 4.79 Å². The smallest absolute Gasteiger partial charge is 0.330 e. The van der Waals surface area contributed by atoms with Crippen LogP contribution < -0.4 is 0 Å². The van der Waals surface area contributed by atoms with Gasteiger partial charge in [-0.15, -0.1) is 0 Å². The van der Waals surface area contributed by atoms with Crippen molar-refractivity contribution >= 4 is 5.97 Å². The maximum absolute atomic E-state index is 11.3. The van der Waals surface area contributed by atoms with Gasteiger partial charge in [-0.3, -0.25) is 0 Å². The van der Waals surface area contributed by atoms with E-state index in [2.05, 4.69) is 0 Å². The molecule has 1 aromatic rings. The fraction of sp³-hybridized carbons (Fsp3) is 0.308. The highest BCUT2D eigenvalue weighted by Crippen LogP contribution is 2.26. The standard InChI is InChI=1S/C13H14O3/c1-13(10-16-13)8-7-12(14)15-9-11-5-3-2-4-6-11/h2-8H,9-10H2,1H3/b8-7+/t13-/m0/s1. The molecule has 0 amide bonds. The Labute approximate surface area is 94.7 Å². The number of carbonyl (C=O) groups excluding carboxylic acids is 1. The summed E-state index contributed by atoms with van der Waals surface area (Å²) >= 11 is 0. The average Bonchev–Trinajstić information content (AvgIpc) is 3.04. The third-order valence-corrected chi connectivity index (χ3v) is 2.40. The van der Waals surface area contributed by atoms with Crippen LogP contribution in [0.5, 0.6) is 0 Å². The fourth-order valence-corrected chi connectivity index (χ4v) is 1.23. The Morgan fingerprint density at radius 2 is 2.19 bits per heavy atom. The molecule has 1 aliphatic heterocycles. The Morgan fingerprint density at radius 1 is 1.50 bits per heavy atom. The molecule has 0 N–H and O–H groups in total. The van der Waals surface area contributed by atoms with E-state index in [1.165, 1.54) is 6.08 Å². The van der Waals surface area contributed by atoms with Gasteiger partial charge in [0, 0.05) is 6.08 Å². The summed E-state index contributed by atoms with van der Waals surface area (Å²) in [4.78, 5) is 11.3. The van der Waals surface area contributed by atoms with Crippen molar-refractivity contribution in [2.24, 2.45) is 0 Å². The van der Waals surface area contributed by atoms with E-state index >= 15 is 0 Å². The number of benzene rings is 1. The summed E-state index contributed by atoms with van der Waals surface area (Å²) in [7, 11) is 0. The highest BCUT2D eigenvalue weighted by atomic mass is 16.6. The third-order valence-electron chi connectivity index (χ3n) is 2.40. The minimum absolute atomic E-state index is 0.244. The zero-order valence-corrected chi connectivity index (χ0v) is 9.18. The highest BCUT2D eigenvalue weighted by Gasteiger charge is 2.36. The molecule has 3 heteroatoms. The predicted octanol–water partition coefficient (Wildman–Crippen LogP) is 2.07. The first-order chi connectivity index (χ1) is 7.68. The molecular formula is C13H14O3. The van der Waals surface area contributed by atoms with Gasteiger partial charge in [-0.1, -0.05) is 30.3 Å². The van der Waals surface area contributed by atoms with Gasteiger partial charge in [-0.2, -0.15) is 0 Å². The summed E-state index contributed by atoms with van der Waals surface area (Å²) in [5.74, 6) is -0.333. The molecular weight excluding hydrogens is 204 g/mol. The van der Waals surface area contributed by atoms with Gasteiger partial charge in [0.2, 0.25) is 0 Å². The van der Waals surface area contributed by atoms with Gasteiger partial charge in [-0.05, 0) is 18.6 Å². The molecule has 2 rings (SSSR count). The number of hydrogen-bond acceptors (Lipinski definition) is 3. The molecule has 1 aromatic carbocycles. The van der Waals surface area contributed by atoms with Gasteiger partial charge >= 0.3 is 5.97 Å². The van der Waals surface area contributed by atoms with Gasteiger partial charge in [0.25, 0.3) is 0 Å². The highest BCUT2D eigenvalue weighted by molar-refractivity contribution is 5.82. The van der Waals surface area contributed by atoms with E-state index in [1.807, 2.05) is 37.3 Å². The quantitative estimate of drug-likeness (QED) is 0.441. The lowest BCUT2D eigenvalue weighted by atomic mass is 10.2. The van der Waals surface area contributed by atoms with Crippen molar-refractivity contribution in [3.8, 4) is 0 Å². The molecule has 0 unspecified atom stereocenters. The van der Waals surface area contributed by atoms with Crippen LogP contribution in [0.2, 0.25) is 0 Å². The SMILES string of the molecule is C[C@]1(/C=C/C(=O)OCc2ccccc2)CO1. The summed E-state index contributed by atoms with van der Waals surface area (Å²) in [6.07, 6.45) is 3.16. The van der Waals surface area contributed by atoms with Crippen molar-refractivity contribution in [1.29, 1.82) is 0 Å². The Kier molecular flexibility index (Phi) is 3.06. The summed E-state index contributed by atoms with van der Waals surface area (Å²) in [6, 6.07) is 9.59. The van der Waals surface area contributed by atoms with Crippen LogP contribution in [-0.2, 0) is 20.9 Å². The molecule has 3 nitrogen and oxygen atoms in total. The van der Waals surface area contributed by atoms with Crippen molar-refractivity contribution in [3.63, 3.8) is 0 Å². The minimum atomic E-state index is -0.333. The van der Waals surface area contributed by atoms with E-state index in [1.54, 1.807) is 6.08 Å². The summed E-state index contributed by atoms with van der Waals surface area (Å²) in [6.45, 7) is 2.91. The number of esters is 1. The maximum atomic E-state index is 11.3. The van der Waals surface area contributed by atoms with E-state index in [9.17, 15) is 4.79 Å². The topological polar surface area (TPSA) is 38.8 Å². The molecule has 0 spiro atoms. The number of hydrogen-bond donors (Lipinski definition) is 0. The molecule has 1 heterocycles. The van der Waals surface area contributed by atoms with Crippen LogP contribution in [-0.4, -0.2) is 18.2 Å². The summed E-state index contributed by atoms with van der Waals surface area (Å²) in [5, 5.41) is 0. The Bertz CT molecular complexity index is 391. The van der Waals surface area contributed by atoms with Crippen molar-refractivity contribution in [2.45, 2.75) is 19.1 Å². The van der Waals surface area contributed by atoms with Crippen molar-refractivity contribution in [1.82, 2.24) is 0 Å². The van der Waals surface area contributed by atoms with Crippen LogP contribution in [0, 0.1) is 0 Å². The fourth-order valence-electron chi connectivity index (χ4n) is 1.23. The first-order valence-electron chi connectivity index (χ1n) is 5.22. The Balaban J connectivity index is 1.78. The zero-order chi connectivity index (χ0) is 11.4. The minimum Gasteiger partial charge on any atom is -0.458 e. The largest absolute Gasteiger partial charge is 0.458 e. The van der Waals surface area contributed by atoms with Crippen molar-refractivity contribution in [2.75, 3.05) is 6.61 Å². The lowest BCUT2D eigenvalue weighted by Gasteiger charge is -2.01. The molecule has 0 aromatic heterocycles. The van der Waals surface area contributed by atoms with Crippen LogP contribution in [0.3, 0.4) is 0 Å². The molecule has 84 valence electrons. The lowest BCUT2D eigenvalue weighted by molar-refractivity contribution is -0.139. The number of ether oxygens (including phenoxy) is 2. The Hall–Kier alpha value is -1.61. The molecule has 0 saturated carbocycles. The molecule has 1 atom stereocenters. The molecule has 0 bridgehead atoms. The Morgan fingerprint density at radius 3 is 2.81 bits per heavy atom. The van der Waals surface area contributed by atoms with Crippen molar-refractivity contribution in [3.05, 3.63) is 48.0 Å². The molecule has 1 fully saturated rings. The first kappa shape index (κ1) is 10.9. The van der Waals surface area contributed by atoms with E-state index in [0.717, 1.165) is 5.56 Å². The summed E-state index contributed by atoms with van der Waals surface area (Å²) < 4.78 is 10.2. The van der Waals surface area contributed by atoms with Gasteiger partial charge < -0.3 is 9.47 Å². The monoisotopic (exact) mass is 218 g/mol. The second kappa shape index (κ2) is 4.49. The van der Waals surface area contributed by atoms with Crippen molar-refractivity contribution < 1.29 is 14.3 Å². The van der Waals surface area contributed by atoms with Gasteiger partial charge in [0.05, 0.1) is 6.61 Å². The average molecular weight is 218 g/mol. The number of carbonyl (C=O) groups is 1. The van der Waals surface area contributed by atoms with Crippen LogP contribution >= 0.6 is 0 Å². The number of rotatable bonds is 4.